The molecule has 2 aromatic carbocycles. The van der Waals surface area contributed by atoms with Crippen molar-refractivity contribution in [1.29, 1.82) is 0 Å². The zero-order valence-electron chi connectivity index (χ0n) is 14.8. The molecule has 1 aliphatic carbocycles. The van der Waals surface area contributed by atoms with E-state index in [1.54, 1.807) is 14.2 Å². The first-order valence-corrected chi connectivity index (χ1v) is 8.73. The van der Waals surface area contributed by atoms with Crippen LogP contribution < -0.4 is 9.47 Å². The number of aliphatic hydroxyl groups is 2. The molecule has 0 spiro atoms. The Morgan fingerprint density at radius 2 is 1.36 bits per heavy atom. The molecule has 1 fully saturated rings. The molecule has 2 unspecified atom stereocenters. The van der Waals surface area contributed by atoms with Gasteiger partial charge in [0.15, 0.2) is 0 Å². The van der Waals surface area contributed by atoms with Crippen molar-refractivity contribution in [2.75, 3.05) is 20.8 Å². The molecule has 0 aromatic heterocycles. The van der Waals surface area contributed by atoms with E-state index in [1.807, 2.05) is 48.5 Å². The van der Waals surface area contributed by atoms with Gasteiger partial charge in [0.25, 0.3) is 0 Å². The highest BCUT2D eigenvalue weighted by molar-refractivity contribution is 5.45. The van der Waals surface area contributed by atoms with Gasteiger partial charge in [-0.2, -0.15) is 0 Å². The molecule has 4 nitrogen and oxygen atoms in total. The Bertz CT molecular complexity index is 631. The van der Waals surface area contributed by atoms with Gasteiger partial charge in [-0.1, -0.05) is 30.7 Å². The number of methoxy groups -OCH3 is 2. The van der Waals surface area contributed by atoms with E-state index in [-0.39, 0.29) is 12.5 Å². The van der Waals surface area contributed by atoms with Crippen LogP contribution in [0.3, 0.4) is 0 Å². The lowest BCUT2D eigenvalue weighted by Crippen LogP contribution is -2.43. The van der Waals surface area contributed by atoms with E-state index >= 15 is 0 Å². The number of benzene rings is 2. The molecule has 0 heterocycles. The fourth-order valence-electron chi connectivity index (χ4n) is 4.19. The van der Waals surface area contributed by atoms with Crippen molar-refractivity contribution in [3.8, 4) is 11.5 Å². The first kappa shape index (κ1) is 17.8. The average Bonchev–Trinajstić information content (AvgIpc) is 3.10. The first-order chi connectivity index (χ1) is 12.2. The van der Waals surface area contributed by atoms with Gasteiger partial charge in [-0.05, 0) is 48.2 Å². The van der Waals surface area contributed by atoms with Crippen molar-refractivity contribution in [2.24, 2.45) is 5.92 Å². The summed E-state index contributed by atoms with van der Waals surface area (Å²) in [6, 6.07) is 15.6. The standard InChI is InChI=1S/C21H26O4/c1-24-17-10-6-15(7-11-17)21(14-22,19-4-3-5-20(19)23)16-8-12-18(25-2)13-9-16/h6-13,19-20,22-23H,3-5,14H2,1-2H3. The van der Waals surface area contributed by atoms with Crippen molar-refractivity contribution in [3.63, 3.8) is 0 Å². The highest BCUT2D eigenvalue weighted by Crippen LogP contribution is 2.47. The number of hydrogen-bond acceptors (Lipinski definition) is 4. The Morgan fingerprint density at radius 3 is 1.68 bits per heavy atom. The Hall–Kier alpha value is -2.04. The number of aliphatic hydroxyl groups excluding tert-OH is 2. The summed E-state index contributed by atoms with van der Waals surface area (Å²) < 4.78 is 10.5. The SMILES string of the molecule is COc1ccc(C(CO)(c2ccc(OC)cc2)C2CCCC2O)cc1. The van der Waals surface area contributed by atoms with E-state index in [2.05, 4.69) is 0 Å². The lowest BCUT2D eigenvalue weighted by molar-refractivity contribution is 0.0651. The van der Waals surface area contributed by atoms with Crippen LogP contribution in [0.5, 0.6) is 11.5 Å². The molecule has 4 heteroatoms. The minimum absolute atomic E-state index is 0.0284. The monoisotopic (exact) mass is 342 g/mol. The molecule has 0 radical (unpaired) electrons. The fourth-order valence-corrected chi connectivity index (χ4v) is 4.19. The topological polar surface area (TPSA) is 58.9 Å². The van der Waals surface area contributed by atoms with Gasteiger partial charge in [0.1, 0.15) is 11.5 Å². The smallest absolute Gasteiger partial charge is 0.118 e. The van der Waals surface area contributed by atoms with Crippen molar-refractivity contribution in [3.05, 3.63) is 59.7 Å². The van der Waals surface area contributed by atoms with Crippen LogP contribution in [0.2, 0.25) is 0 Å². The summed E-state index contributed by atoms with van der Waals surface area (Å²) in [7, 11) is 3.27. The summed E-state index contributed by atoms with van der Waals surface area (Å²) in [4.78, 5) is 0. The molecule has 25 heavy (non-hydrogen) atoms. The van der Waals surface area contributed by atoms with Gasteiger partial charge in [-0.25, -0.2) is 0 Å². The molecule has 0 amide bonds. The highest BCUT2D eigenvalue weighted by Gasteiger charge is 2.46. The van der Waals surface area contributed by atoms with Gasteiger partial charge in [-0.15, -0.1) is 0 Å². The summed E-state index contributed by atoms with van der Waals surface area (Å²) in [5, 5.41) is 21.2. The first-order valence-electron chi connectivity index (χ1n) is 8.73. The van der Waals surface area contributed by atoms with Crippen molar-refractivity contribution in [2.45, 2.75) is 30.8 Å². The van der Waals surface area contributed by atoms with Crippen LogP contribution in [0.25, 0.3) is 0 Å². The Kier molecular flexibility index (Phi) is 5.30. The van der Waals surface area contributed by atoms with Gasteiger partial charge in [0.2, 0.25) is 0 Å². The molecule has 3 rings (SSSR count). The average molecular weight is 342 g/mol. The Labute approximate surface area is 149 Å². The molecule has 0 bridgehead atoms. The lowest BCUT2D eigenvalue weighted by Gasteiger charge is -2.40. The molecule has 2 aromatic rings. The predicted octanol–water partition coefficient (Wildman–Crippen LogP) is 3.14. The Balaban J connectivity index is 2.13. The second-order valence-electron chi connectivity index (χ2n) is 6.69. The highest BCUT2D eigenvalue weighted by atomic mass is 16.5. The second kappa shape index (κ2) is 7.46. The molecule has 1 saturated carbocycles. The van der Waals surface area contributed by atoms with Crippen molar-refractivity contribution < 1.29 is 19.7 Å². The number of rotatable bonds is 6. The van der Waals surface area contributed by atoms with Crippen molar-refractivity contribution >= 4 is 0 Å². The molecule has 134 valence electrons. The summed E-state index contributed by atoms with van der Waals surface area (Å²) in [6.07, 6.45) is 2.22. The largest absolute Gasteiger partial charge is 0.497 e. The third-order valence-corrected chi connectivity index (χ3v) is 5.57. The minimum atomic E-state index is -0.644. The van der Waals surface area contributed by atoms with Gasteiger partial charge in [0.05, 0.1) is 26.9 Å². The van der Waals surface area contributed by atoms with E-state index in [9.17, 15) is 10.2 Å². The predicted molar refractivity (Wildman–Crippen MR) is 97.2 cm³/mol. The molecule has 2 atom stereocenters. The maximum atomic E-state index is 10.6. The zero-order chi connectivity index (χ0) is 17.9. The normalized spacial score (nSPS) is 20.5. The van der Waals surface area contributed by atoms with E-state index in [4.69, 9.17) is 9.47 Å². The zero-order valence-corrected chi connectivity index (χ0v) is 14.8. The van der Waals surface area contributed by atoms with E-state index in [0.717, 1.165) is 41.9 Å². The van der Waals surface area contributed by atoms with Crippen LogP contribution in [0, 0.1) is 5.92 Å². The van der Waals surface area contributed by atoms with E-state index in [1.165, 1.54) is 0 Å². The second-order valence-corrected chi connectivity index (χ2v) is 6.69. The van der Waals surface area contributed by atoms with Crippen molar-refractivity contribution in [1.82, 2.24) is 0 Å². The van der Waals surface area contributed by atoms with Crippen LogP contribution in [-0.4, -0.2) is 37.1 Å². The van der Waals surface area contributed by atoms with E-state index < -0.39 is 11.5 Å². The van der Waals surface area contributed by atoms with Crippen LogP contribution in [0.15, 0.2) is 48.5 Å². The molecule has 0 aliphatic heterocycles. The van der Waals surface area contributed by atoms with Crippen LogP contribution >= 0.6 is 0 Å². The number of ether oxygens (including phenoxy) is 2. The third-order valence-electron chi connectivity index (χ3n) is 5.57. The van der Waals surface area contributed by atoms with Crippen LogP contribution in [0.4, 0.5) is 0 Å². The molecular formula is C21H26O4. The summed E-state index contributed by atoms with van der Waals surface area (Å²) in [6.45, 7) is -0.0621. The maximum Gasteiger partial charge on any atom is 0.118 e. The molecular weight excluding hydrogens is 316 g/mol. The van der Waals surface area contributed by atoms with E-state index in [0.29, 0.717) is 0 Å². The summed E-state index contributed by atoms with van der Waals surface area (Å²) in [5.74, 6) is 1.52. The summed E-state index contributed by atoms with van der Waals surface area (Å²) >= 11 is 0. The van der Waals surface area contributed by atoms with Crippen LogP contribution in [0.1, 0.15) is 30.4 Å². The molecule has 0 saturated heterocycles. The summed E-state index contributed by atoms with van der Waals surface area (Å²) in [5.41, 5.74) is 1.34. The Morgan fingerprint density at radius 1 is 0.880 bits per heavy atom. The number of hydrogen-bond donors (Lipinski definition) is 2. The maximum absolute atomic E-state index is 10.6. The van der Waals surface area contributed by atoms with Gasteiger partial charge < -0.3 is 19.7 Å². The van der Waals surface area contributed by atoms with Gasteiger partial charge in [0, 0.05) is 11.3 Å². The lowest BCUT2D eigenvalue weighted by atomic mass is 9.65. The van der Waals surface area contributed by atoms with Gasteiger partial charge >= 0.3 is 0 Å². The van der Waals surface area contributed by atoms with Crippen LogP contribution in [-0.2, 0) is 5.41 Å². The molecule has 1 aliphatic rings. The quantitative estimate of drug-likeness (QED) is 0.847. The molecule has 2 N–H and O–H groups in total. The fraction of sp³-hybridized carbons (Fsp3) is 0.429. The minimum Gasteiger partial charge on any atom is -0.497 e. The van der Waals surface area contributed by atoms with Gasteiger partial charge in [-0.3, -0.25) is 0 Å². The third kappa shape index (κ3) is 3.12.